The van der Waals surface area contributed by atoms with Crippen LogP contribution in [0.1, 0.15) is 23.0 Å². The molecule has 3 aromatic rings. The molecule has 1 aromatic heterocycles. The van der Waals surface area contributed by atoms with Gasteiger partial charge in [-0.25, -0.2) is 4.98 Å². The third-order valence-electron chi connectivity index (χ3n) is 4.28. The first-order chi connectivity index (χ1) is 14.1. The van der Waals surface area contributed by atoms with Gasteiger partial charge in [-0.15, -0.1) is 0 Å². The number of hydrogen-bond donors (Lipinski definition) is 3. The predicted octanol–water partition coefficient (Wildman–Crippen LogP) is 2.21. The second kappa shape index (κ2) is 9.64. The molecule has 0 fully saturated rings. The Hall–Kier alpha value is -3.47. The van der Waals surface area contributed by atoms with Crippen molar-refractivity contribution < 1.29 is 14.6 Å². The number of benzene rings is 2. The Morgan fingerprint density at radius 1 is 1.17 bits per heavy atom. The summed E-state index contributed by atoms with van der Waals surface area (Å²) in [7, 11) is 0. The van der Waals surface area contributed by atoms with E-state index < -0.39 is 6.10 Å². The van der Waals surface area contributed by atoms with Crippen molar-refractivity contribution in [2.45, 2.75) is 19.2 Å². The maximum absolute atomic E-state index is 12.4. The highest BCUT2D eigenvalue weighted by atomic mass is 16.5. The summed E-state index contributed by atoms with van der Waals surface area (Å²) in [4.78, 5) is 16.8. The maximum atomic E-state index is 12.4. The number of aliphatic hydroxyl groups excluding tert-OH is 1. The number of rotatable bonds is 8. The van der Waals surface area contributed by atoms with E-state index in [-0.39, 0.29) is 25.2 Å². The van der Waals surface area contributed by atoms with Crippen molar-refractivity contribution in [3.8, 4) is 11.8 Å². The molecule has 2 atom stereocenters. The van der Waals surface area contributed by atoms with E-state index in [1.807, 2.05) is 36.4 Å². The van der Waals surface area contributed by atoms with Crippen molar-refractivity contribution in [2.24, 2.45) is 0 Å². The van der Waals surface area contributed by atoms with Crippen LogP contribution in [0.3, 0.4) is 0 Å². The number of nitriles is 1. The van der Waals surface area contributed by atoms with Crippen molar-refractivity contribution in [3.05, 3.63) is 71.9 Å². The van der Waals surface area contributed by atoms with Crippen LogP contribution in [-0.4, -0.2) is 41.4 Å². The Bertz CT molecular complexity index is 1030. The smallest absolute Gasteiger partial charge is 0.271 e. The molecule has 2 aromatic carbocycles. The molecule has 0 aliphatic heterocycles. The van der Waals surface area contributed by atoms with Gasteiger partial charge in [-0.2, -0.15) is 5.26 Å². The topological polar surface area (TPSA) is 107 Å². The van der Waals surface area contributed by atoms with Gasteiger partial charge in [-0.3, -0.25) is 10.1 Å². The van der Waals surface area contributed by atoms with Crippen LogP contribution in [0.5, 0.6) is 5.75 Å². The molecule has 0 bridgehead atoms. The van der Waals surface area contributed by atoms with Crippen LogP contribution in [-0.2, 0) is 0 Å². The predicted molar refractivity (Wildman–Crippen MR) is 109 cm³/mol. The summed E-state index contributed by atoms with van der Waals surface area (Å²) in [5.74, 6) is 0.127. The largest absolute Gasteiger partial charge is 0.489 e. The van der Waals surface area contributed by atoms with E-state index in [0.29, 0.717) is 17.0 Å². The fourth-order valence-electron chi connectivity index (χ4n) is 2.76. The van der Waals surface area contributed by atoms with Gasteiger partial charge in [0.1, 0.15) is 30.2 Å². The van der Waals surface area contributed by atoms with Crippen LogP contribution in [0.15, 0.2) is 60.7 Å². The highest BCUT2D eigenvalue weighted by Gasteiger charge is 2.13. The molecule has 0 aliphatic rings. The van der Waals surface area contributed by atoms with Crippen molar-refractivity contribution in [1.82, 2.24) is 15.6 Å². The maximum Gasteiger partial charge on any atom is 0.271 e. The van der Waals surface area contributed by atoms with Gasteiger partial charge in [0.25, 0.3) is 5.91 Å². The molecular formula is C22H22N4O3. The Kier molecular flexibility index (Phi) is 6.74. The summed E-state index contributed by atoms with van der Waals surface area (Å²) in [6, 6.07) is 20.0. The van der Waals surface area contributed by atoms with Gasteiger partial charge in [0.05, 0.1) is 17.2 Å². The van der Waals surface area contributed by atoms with Crippen molar-refractivity contribution in [2.75, 3.05) is 13.2 Å². The number of carbonyl (C=O) groups is 1. The molecule has 0 spiro atoms. The highest BCUT2D eigenvalue weighted by molar-refractivity contribution is 5.94. The van der Waals surface area contributed by atoms with Gasteiger partial charge >= 0.3 is 0 Å². The van der Waals surface area contributed by atoms with Crippen LogP contribution < -0.4 is 15.4 Å². The summed E-state index contributed by atoms with van der Waals surface area (Å²) in [6.07, 6.45) is -1.18. The van der Waals surface area contributed by atoms with E-state index in [0.717, 1.165) is 10.9 Å². The van der Waals surface area contributed by atoms with E-state index in [1.165, 1.54) is 0 Å². The lowest BCUT2D eigenvalue weighted by Crippen LogP contribution is -2.46. The van der Waals surface area contributed by atoms with Crippen molar-refractivity contribution in [1.29, 1.82) is 5.26 Å². The first-order valence-electron chi connectivity index (χ1n) is 9.27. The van der Waals surface area contributed by atoms with Crippen LogP contribution in [0, 0.1) is 11.3 Å². The zero-order valence-corrected chi connectivity index (χ0v) is 16.0. The molecule has 0 saturated carbocycles. The summed E-state index contributed by atoms with van der Waals surface area (Å²) in [5.41, 5.74) is 1.50. The molecular weight excluding hydrogens is 368 g/mol. The summed E-state index contributed by atoms with van der Waals surface area (Å²) in [5, 5.41) is 25.9. The van der Waals surface area contributed by atoms with Gasteiger partial charge in [0.15, 0.2) is 0 Å². The summed E-state index contributed by atoms with van der Waals surface area (Å²) >= 11 is 0. The van der Waals surface area contributed by atoms with Crippen molar-refractivity contribution >= 4 is 16.8 Å². The van der Waals surface area contributed by atoms with Crippen LogP contribution in [0.25, 0.3) is 10.9 Å². The molecule has 7 heteroatoms. The summed E-state index contributed by atoms with van der Waals surface area (Å²) in [6.45, 7) is 2.01. The van der Waals surface area contributed by atoms with E-state index >= 15 is 0 Å². The minimum atomic E-state index is -0.806. The molecule has 2 unspecified atom stereocenters. The Labute approximate surface area is 169 Å². The molecule has 148 valence electrons. The number of para-hydroxylation sites is 2. The minimum absolute atomic E-state index is 0.0264. The normalized spacial score (nSPS) is 12.7. The molecule has 3 rings (SSSR count). The molecule has 29 heavy (non-hydrogen) atoms. The zero-order valence-electron chi connectivity index (χ0n) is 16.0. The average molecular weight is 390 g/mol. The van der Waals surface area contributed by atoms with Gasteiger partial charge < -0.3 is 15.2 Å². The first-order valence-corrected chi connectivity index (χ1v) is 9.27. The van der Waals surface area contributed by atoms with E-state index in [2.05, 4.69) is 15.6 Å². The van der Waals surface area contributed by atoms with Gasteiger partial charge in [0, 0.05) is 11.9 Å². The van der Waals surface area contributed by atoms with Crippen LogP contribution in [0.2, 0.25) is 0 Å². The number of fused-ring (bicyclic) bond motifs is 1. The number of carbonyl (C=O) groups excluding carboxylic acids is 1. The molecule has 0 radical (unpaired) electrons. The number of nitrogens with one attached hydrogen (secondary N) is 2. The Morgan fingerprint density at radius 3 is 2.76 bits per heavy atom. The third-order valence-corrected chi connectivity index (χ3v) is 4.28. The van der Waals surface area contributed by atoms with E-state index in [9.17, 15) is 9.90 Å². The van der Waals surface area contributed by atoms with Gasteiger partial charge in [-0.05, 0) is 31.2 Å². The standard InChI is InChI=1S/C22H22N4O3/c1-15(24-13-18(27)14-29-21-9-5-3-7-17(21)12-23)25-22(28)20-11-10-16-6-2-4-8-19(16)26-20/h2-11,15,18,24,27H,13-14H2,1H3,(H,25,28). The number of aliphatic hydroxyl groups is 1. The Morgan fingerprint density at radius 2 is 1.93 bits per heavy atom. The average Bonchev–Trinajstić information content (AvgIpc) is 2.76. The third kappa shape index (κ3) is 5.51. The zero-order chi connectivity index (χ0) is 20.6. The molecule has 1 heterocycles. The number of pyridine rings is 1. The van der Waals surface area contributed by atoms with E-state index in [4.69, 9.17) is 10.00 Å². The van der Waals surface area contributed by atoms with E-state index in [1.54, 1.807) is 37.3 Å². The number of ether oxygens (including phenoxy) is 1. The van der Waals surface area contributed by atoms with Gasteiger partial charge in [-0.1, -0.05) is 36.4 Å². The monoisotopic (exact) mass is 390 g/mol. The fraction of sp³-hybridized carbons (Fsp3) is 0.227. The highest BCUT2D eigenvalue weighted by Crippen LogP contribution is 2.16. The molecule has 1 amide bonds. The number of nitrogens with zero attached hydrogens (tertiary/aromatic N) is 2. The number of aromatic nitrogens is 1. The SMILES string of the molecule is CC(NCC(O)COc1ccccc1C#N)NC(=O)c1ccc2ccccc2n1. The lowest BCUT2D eigenvalue weighted by atomic mass is 10.2. The molecule has 0 saturated heterocycles. The molecule has 0 aliphatic carbocycles. The number of amides is 1. The van der Waals surface area contributed by atoms with Crippen LogP contribution in [0.4, 0.5) is 0 Å². The minimum Gasteiger partial charge on any atom is -0.489 e. The quantitative estimate of drug-likeness (QED) is 0.509. The number of hydrogen-bond acceptors (Lipinski definition) is 6. The van der Waals surface area contributed by atoms with Gasteiger partial charge in [0.2, 0.25) is 0 Å². The summed E-state index contributed by atoms with van der Waals surface area (Å²) < 4.78 is 5.50. The second-order valence-corrected chi connectivity index (χ2v) is 6.57. The lowest BCUT2D eigenvalue weighted by Gasteiger charge is -2.19. The van der Waals surface area contributed by atoms with Crippen LogP contribution >= 0.6 is 0 Å². The molecule has 3 N–H and O–H groups in total. The lowest BCUT2D eigenvalue weighted by molar-refractivity contribution is 0.0891. The fourth-order valence-corrected chi connectivity index (χ4v) is 2.76. The van der Waals surface area contributed by atoms with Crippen molar-refractivity contribution in [3.63, 3.8) is 0 Å². The molecule has 7 nitrogen and oxygen atoms in total. The first kappa shape index (κ1) is 20.3. The Balaban J connectivity index is 1.46. The second-order valence-electron chi connectivity index (χ2n) is 6.57.